The summed E-state index contributed by atoms with van der Waals surface area (Å²) in [5, 5.41) is 8.00. The number of nitrogens with zero attached hydrogens (tertiary/aromatic N) is 2. The maximum Gasteiger partial charge on any atom is 0.118 e. The van der Waals surface area contributed by atoms with Gasteiger partial charge < -0.3 is 9.73 Å². The monoisotopic (exact) mass is 253 g/mol. The second-order valence-corrected chi connectivity index (χ2v) is 4.47. The Morgan fingerprint density at radius 1 is 1.47 bits per heavy atom. The van der Waals surface area contributed by atoms with E-state index in [1.165, 1.54) is 0 Å². The van der Waals surface area contributed by atoms with E-state index in [4.69, 9.17) is 16.0 Å². The number of rotatable bonds is 4. The van der Waals surface area contributed by atoms with Crippen LogP contribution in [0, 0.1) is 13.8 Å². The normalized spacial score (nSPS) is 11.1. The van der Waals surface area contributed by atoms with Crippen LogP contribution in [-0.2, 0) is 13.1 Å². The fraction of sp³-hybridized carbons (Fsp3) is 0.417. The lowest BCUT2D eigenvalue weighted by Gasteiger charge is -2.02. The zero-order valence-corrected chi connectivity index (χ0v) is 11.0. The smallest absolute Gasteiger partial charge is 0.118 e. The molecule has 0 aliphatic rings. The van der Waals surface area contributed by atoms with Gasteiger partial charge in [0.25, 0.3) is 0 Å². The standard InChI is InChI=1S/C12H16ClN3O/c1-8-12(13)6-15-16(8)7-10-4-11(5-14-3)17-9(10)2/h4,6,14H,5,7H2,1-3H3. The van der Waals surface area contributed by atoms with Crippen LogP contribution in [0.3, 0.4) is 0 Å². The second kappa shape index (κ2) is 4.94. The molecule has 0 bridgehead atoms. The Hall–Kier alpha value is -1.26. The third kappa shape index (κ3) is 2.53. The Kier molecular flexibility index (Phi) is 3.54. The van der Waals surface area contributed by atoms with Crippen molar-refractivity contribution in [3.05, 3.63) is 40.1 Å². The molecule has 0 saturated heterocycles. The highest BCUT2D eigenvalue weighted by atomic mass is 35.5. The highest BCUT2D eigenvalue weighted by molar-refractivity contribution is 6.31. The van der Waals surface area contributed by atoms with E-state index in [-0.39, 0.29) is 0 Å². The van der Waals surface area contributed by atoms with Crippen LogP contribution < -0.4 is 5.32 Å². The molecule has 1 N–H and O–H groups in total. The molecular formula is C12H16ClN3O. The highest BCUT2D eigenvalue weighted by Gasteiger charge is 2.10. The summed E-state index contributed by atoms with van der Waals surface area (Å²) in [6, 6.07) is 2.06. The molecule has 2 aromatic heterocycles. The third-order valence-corrected chi connectivity index (χ3v) is 3.16. The Morgan fingerprint density at radius 3 is 2.82 bits per heavy atom. The summed E-state index contributed by atoms with van der Waals surface area (Å²) in [5.74, 6) is 1.87. The largest absolute Gasteiger partial charge is 0.465 e. The molecule has 2 heterocycles. The van der Waals surface area contributed by atoms with Gasteiger partial charge in [-0.15, -0.1) is 0 Å². The molecule has 2 rings (SSSR count). The van der Waals surface area contributed by atoms with E-state index in [1.54, 1.807) is 6.20 Å². The molecule has 0 spiro atoms. The van der Waals surface area contributed by atoms with Crippen LogP contribution >= 0.6 is 11.6 Å². The van der Waals surface area contributed by atoms with Gasteiger partial charge in [0.2, 0.25) is 0 Å². The summed E-state index contributed by atoms with van der Waals surface area (Å²) in [6.07, 6.45) is 1.67. The first-order valence-corrected chi connectivity index (χ1v) is 5.90. The first kappa shape index (κ1) is 12.2. The molecular weight excluding hydrogens is 238 g/mol. The molecule has 0 saturated carbocycles. The average Bonchev–Trinajstić information content (AvgIpc) is 2.78. The van der Waals surface area contributed by atoms with Crippen molar-refractivity contribution in [2.75, 3.05) is 7.05 Å². The predicted octanol–water partition coefficient (Wildman–Crippen LogP) is 2.51. The van der Waals surface area contributed by atoms with E-state index in [9.17, 15) is 0 Å². The van der Waals surface area contributed by atoms with E-state index >= 15 is 0 Å². The number of furan rings is 1. The molecule has 0 amide bonds. The van der Waals surface area contributed by atoms with Crippen molar-refractivity contribution in [1.29, 1.82) is 0 Å². The number of halogens is 1. The molecule has 5 heteroatoms. The van der Waals surface area contributed by atoms with Crippen LogP contribution in [0.2, 0.25) is 5.02 Å². The van der Waals surface area contributed by atoms with Crippen LogP contribution in [0.15, 0.2) is 16.7 Å². The van der Waals surface area contributed by atoms with Gasteiger partial charge in [0.1, 0.15) is 11.5 Å². The molecule has 17 heavy (non-hydrogen) atoms. The Labute approximate surface area is 106 Å². The van der Waals surface area contributed by atoms with Crippen molar-refractivity contribution >= 4 is 11.6 Å². The van der Waals surface area contributed by atoms with Gasteiger partial charge in [-0.3, -0.25) is 4.68 Å². The van der Waals surface area contributed by atoms with Gasteiger partial charge in [0.15, 0.2) is 0 Å². The molecule has 92 valence electrons. The van der Waals surface area contributed by atoms with Gasteiger partial charge in [0.05, 0.1) is 30.0 Å². The molecule has 4 nitrogen and oxygen atoms in total. The summed E-state index contributed by atoms with van der Waals surface area (Å²) >= 11 is 5.97. The van der Waals surface area contributed by atoms with Crippen molar-refractivity contribution in [1.82, 2.24) is 15.1 Å². The van der Waals surface area contributed by atoms with Crippen LogP contribution in [0.1, 0.15) is 22.8 Å². The summed E-state index contributed by atoms with van der Waals surface area (Å²) in [7, 11) is 1.90. The number of nitrogens with one attached hydrogen (secondary N) is 1. The summed E-state index contributed by atoms with van der Waals surface area (Å²) < 4.78 is 7.52. The minimum Gasteiger partial charge on any atom is -0.465 e. The Balaban J connectivity index is 2.21. The third-order valence-electron chi connectivity index (χ3n) is 2.79. The lowest BCUT2D eigenvalue weighted by Crippen LogP contribution is -2.04. The van der Waals surface area contributed by atoms with Gasteiger partial charge in [-0.25, -0.2) is 0 Å². The molecule has 0 fully saturated rings. The second-order valence-electron chi connectivity index (χ2n) is 4.06. The first-order chi connectivity index (χ1) is 8.11. The van der Waals surface area contributed by atoms with Crippen molar-refractivity contribution in [3.8, 4) is 0 Å². The fourth-order valence-corrected chi connectivity index (χ4v) is 1.89. The first-order valence-electron chi connectivity index (χ1n) is 5.52. The molecule has 2 aromatic rings. The zero-order chi connectivity index (χ0) is 12.4. The molecule has 0 aliphatic carbocycles. The summed E-state index contributed by atoms with van der Waals surface area (Å²) in [6.45, 7) is 5.35. The number of aromatic nitrogens is 2. The maximum atomic E-state index is 5.97. The minimum absolute atomic E-state index is 0.692. The highest BCUT2D eigenvalue weighted by Crippen LogP contribution is 2.19. The van der Waals surface area contributed by atoms with Crippen molar-refractivity contribution in [2.45, 2.75) is 26.9 Å². The minimum atomic E-state index is 0.692. The number of aryl methyl sites for hydroxylation is 1. The van der Waals surface area contributed by atoms with Crippen LogP contribution in [-0.4, -0.2) is 16.8 Å². The molecule has 0 atom stereocenters. The lowest BCUT2D eigenvalue weighted by molar-refractivity contribution is 0.467. The predicted molar refractivity (Wildman–Crippen MR) is 67.3 cm³/mol. The van der Waals surface area contributed by atoms with Gasteiger partial charge in [0, 0.05) is 5.56 Å². The fourth-order valence-electron chi connectivity index (χ4n) is 1.75. The molecule has 0 aliphatic heterocycles. The maximum absolute atomic E-state index is 5.97. The van der Waals surface area contributed by atoms with E-state index in [0.29, 0.717) is 11.6 Å². The van der Waals surface area contributed by atoms with Crippen LogP contribution in [0.4, 0.5) is 0 Å². The SMILES string of the molecule is CNCc1cc(Cn2ncc(Cl)c2C)c(C)o1. The number of hydrogen-bond donors (Lipinski definition) is 1. The van der Waals surface area contributed by atoms with E-state index < -0.39 is 0 Å². The molecule has 0 radical (unpaired) electrons. The summed E-state index contributed by atoms with van der Waals surface area (Å²) in [5.41, 5.74) is 2.11. The van der Waals surface area contributed by atoms with Crippen molar-refractivity contribution in [3.63, 3.8) is 0 Å². The molecule has 0 unspecified atom stereocenters. The van der Waals surface area contributed by atoms with Gasteiger partial charge in [-0.2, -0.15) is 5.10 Å². The Bertz CT molecular complexity index is 516. The molecule has 0 aromatic carbocycles. The van der Waals surface area contributed by atoms with E-state index in [1.807, 2.05) is 25.6 Å². The van der Waals surface area contributed by atoms with E-state index in [2.05, 4.69) is 16.5 Å². The van der Waals surface area contributed by atoms with Gasteiger partial charge in [-0.05, 0) is 27.0 Å². The van der Waals surface area contributed by atoms with Crippen molar-refractivity contribution < 1.29 is 4.42 Å². The van der Waals surface area contributed by atoms with Gasteiger partial charge >= 0.3 is 0 Å². The lowest BCUT2D eigenvalue weighted by atomic mass is 10.2. The van der Waals surface area contributed by atoms with Crippen molar-refractivity contribution in [2.24, 2.45) is 0 Å². The quantitative estimate of drug-likeness (QED) is 0.911. The summed E-state index contributed by atoms with van der Waals surface area (Å²) in [4.78, 5) is 0. The van der Waals surface area contributed by atoms with Gasteiger partial charge in [-0.1, -0.05) is 11.6 Å². The zero-order valence-electron chi connectivity index (χ0n) is 10.2. The van der Waals surface area contributed by atoms with E-state index in [0.717, 1.165) is 29.3 Å². The van der Waals surface area contributed by atoms with Crippen LogP contribution in [0.5, 0.6) is 0 Å². The average molecular weight is 254 g/mol. The van der Waals surface area contributed by atoms with Crippen LogP contribution in [0.25, 0.3) is 0 Å². The Morgan fingerprint density at radius 2 is 2.24 bits per heavy atom. The number of hydrogen-bond acceptors (Lipinski definition) is 3. The topological polar surface area (TPSA) is 43.0 Å².